The van der Waals surface area contributed by atoms with E-state index in [1.165, 1.54) is 17.8 Å². The average Bonchev–Trinajstić information content (AvgIpc) is 3.17. The number of carbonyl (C=O) groups excluding carboxylic acids is 1. The molecule has 0 aliphatic carbocycles. The topological polar surface area (TPSA) is 114 Å². The van der Waals surface area contributed by atoms with Gasteiger partial charge >= 0.3 is 0 Å². The van der Waals surface area contributed by atoms with Gasteiger partial charge in [0.2, 0.25) is 5.89 Å². The normalized spacial score (nSPS) is 10.8. The Balaban J connectivity index is 1.53. The maximum Gasteiger partial charge on any atom is 0.256 e. The fourth-order valence-electron chi connectivity index (χ4n) is 2.98. The first kappa shape index (κ1) is 20.5. The van der Waals surface area contributed by atoms with E-state index in [0.717, 1.165) is 4.90 Å². The standard InChI is InChI=1S/C22H19N5O3S/c1-13-10-19(28)26-21(23-13)15-6-5-7-16(11-15)25-22(29)17-8-3-4-9-18(17)31-12-20-24-14(2)27-30-20/h3-11H,12H2,1-2H3,(H,25,29)(H,23,26,28). The molecule has 0 saturated carbocycles. The van der Waals surface area contributed by atoms with Gasteiger partial charge in [-0.25, -0.2) is 4.98 Å². The molecule has 9 heteroatoms. The van der Waals surface area contributed by atoms with E-state index in [-0.39, 0.29) is 11.5 Å². The first-order valence-corrected chi connectivity index (χ1v) is 10.5. The zero-order chi connectivity index (χ0) is 21.8. The fourth-order valence-corrected chi connectivity index (χ4v) is 3.86. The molecule has 2 aromatic heterocycles. The van der Waals surface area contributed by atoms with Crippen LogP contribution in [-0.4, -0.2) is 26.0 Å². The quantitative estimate of drug-likeness (QED) is 0.442. The molecule has 0 aliphatic heterocycles. The summed E-state index contributed by atoms with van der Waals surface area (Å²) in [6, 6.07) is 15.9. The number of benzene rings is 2. The van der Waals surface area contributed by atoms with Crippen molar-refractivity contribution in [3.63, 3.8) is 0 Å². The van der Waals surface area contributed by atoms with Crippen LogP contribution in [0.15, 0.2) is 68.8 Å². The van der Waals surface area contributed by atoms with Gasteiger partial charge < -0.3 is 14.8 Å². The highest BCUT2D eigenvalue weighted by Crippen LogP contribution is 2.27. The third-order valence-electron chi connectivity index (χ3n) is 4.32. The van der Waals surface area contributed by atoms with Crippen molar-refractivity contribution < 1.29 is 9.32 Å². The van der Waals surface area contributed by atoms with Gasteiger partial charge in [0.1, 0.15) is 5.82 Å². The number of rotatable bonds is 6. The predicted molar refractivity (Wildman–Crippen MR) is 118 cm³/mol. The number of thioether (sulfide) groups is 1. The zero-order valence-corrected chi connectivity index (χ0v) is 17.7. The van der Waals surface area contributed by atoms with Gasteiger partial charge in [0.05, 0.1) is 11.3 Å². The average molecular weight is 433 g/mol. The number of hydrogen-bond donors (Lipinski definition) is 2. The predicted octanol–water partition coefficient (Wildman–Crippen LogP) is 3.98. The highest BCUT2D eigenvalue weighted by Gasteiger charge is 2.14. The second kappa shape index (κ2) is 8.97. The first-order chi connectivity index (χ1) is 15.0. The summed E-state index contributed by atoms with van der Waals surface area (Å²) in [5.74, 6) is 1.75. The number of amides is 1. The molecular weight excluding hydrogens is 414 g/mol. The van der Waals surface area contributed by atoms with E-state index in [2.05, 4.69) is 25.4 Å². The summed E-state index contributed by atoms with van der Waals surface area (Å²) in [6.07, 6.45) is 0. The monoisotopic (exact) mass is 433 g/mol. The van der Waals surface area contributed by atoms with Crippen molar-refractivity contribution in [2.75, 3.05) is 5.32 Å². The summed E-state index contributed by atoms with van der Waals surface area (Å²) in [5, 5.41) is 6.70. The third-order valence-corrected chi connectivity index (χ3v) is 5.37. The van der Waals surface area contributed by atoms with E-state index in [0.29, 0.717) is 45.8 Å². The maximum absolute atomic E-state index is 13.0. The summed E-state index contributed by atoms with van der Waals surface area (Å²) < 4.78 is 5.14. The molecule has 4 rings (SSSR count). The fraction of sp³-hybridized carbons (Fsp3) is 0.136. The lowest BCUT2D eigenvalue weighted by Gasteiger charge is -2.10. The number of aromatic nitrogens is 4. The van der Waals surface area contributed by atoms with Crippen molar-refractivity contribution in [2.45, 2.75) is 24.5 Å². The summed E-state index contributed by atoms with van der Waals surface area (Å²) in [4.78, 5) is 36.8. The summed E-state index contributed by atoms with van der Waals surface area (Å²) in [7, 11) is 0. The van der Waals surface area contributed by atoms with Crippen LogP contribution >= 0.6 is 11.8 Å². The van der Waals surface area contributed by atoms with E-state index in [1.807, 2.05) is 24.3 Å². The molecular formula is C22H19N5O3S. The molecule has 0 fully saturated rings. The molecule has 0 atom stereocenters. The van der Waals surface area contributed by atoms with Gasteiger partial charge in [-0.1, -0.05) is 29.4 Å². The lowest BCUT2D eigenvalue weighted by atomic mass is 10.1. The molecule has 2 heterocycles. The Kier molecular flexibility index (Phi) is 5.94. The molecule has 8 nitrogen and oxygen atoms in total. The van der Waals surface area contributed by atoms with Crippen LogP contribution in [-0.2, 0) is 5.75 Å². The number of anilines is 1. The largest absolute Gasteiger partial charge is 0.338 e. The Morgan fingerprint density at radius 3 is 2.71 bits per heavy atom. The van der Waals surface area contributed by atoms with E-state index in [1.54, 1.807) is 38.1 Å². The summed E-state index contributed by atoms with van der Waals surface area (Å²) >= 11 is 1.45. The van der Waals surface area contributed by atoms with Crippen LogP contribution in [0.5, 0.6) is 0 Å². The maximum atomic E-state index is 13.0. The van der Waals surface area contributed by atoms with Gasteiger partial charge in [-0.15, -0.1) is 11.8 Å². The highest BCUT2D eigenvalue weighted by atomic mass is 32.2. The van der Waals surface area contributed by atoms with E-state index >= 15 is 0 Å². The van der Waals surface area contributed by atoms with Crippen LogP contribution in [0.1, 0.15) is 27.8 Å². The molecule has 2 aromatic carbocycles. The first-order valence-electron chi connectivity index (χ1n) is 9.49. The Morgan fingerprint density at radius 1 is 1.10 bits per heavy atom. The summed E-state index contributed by atoms with van der Waals surface area (Å²) in [6.45, 7) is 3.52. The lowest BCUT2D eigenvalue weighted by Crippen LogP contribution is -2.13. The Hall–Kier alpha value is -3.72. The van der Waals surface area contributed by atoms with Crippen molar-refractivity contribution in [3.05, 3.63) is 87.9 Å². The smallest absolute Gasteiger partial charge is 0.256 e. The van der Waals surface area contributed by atoms with Gasteiger partial charge in [0.25, 0.3) is 11.5 Å². The van der Waals surface area contributed by atoms with Crippen LogP contribution in [0.25, 0.3) is 11.4 Å². The minimum absolute atomic E-state index is 0.223. The molecule has 0 radical (unpaired) electrons. The van der Waals surface area contributed by atoms with Crippen molar-refractivity contribution in [3.8, 4) is 11.4 Å². The highest BCUT2D eigenvalue weighted by molar-refractivity contribution is 7.98. The van der Waals surface area contributed by atoms with Gasteiger partial charge in [-0.3, -0.25) is 9.59 Å². The van der Waals surface area contributed by atoms with E-state index < -0.39 is 0 Å². The van der Waals surface area contributed by atoms with E-state index in [4.69, 9.17) is 4.52 Å². The Morgan fingerprint density at radius 2 is 1.94 bits per heavy atom. The molecule has 4 aromatic rings. The van der Waals surface area contributed by atoms with Gasteiger partial charge in [-0.2, -0.15) is 4.98 Å². The molecule has 0 saturated heterocycles. The lowest BCUT2D eigenvalue weighted by molar-refractivity contribution is 0.102. The number of aromatic amines is 1. The van der Waals surface area contributed by atoms with Gasteiger partial charge in [0.15, 0.2) is 5.82 Å². The second-order valence-corrected chi connectivity index (χ2v) is 7.81. The Labute approximate surface area is 182 Å². The van der Waals surface area contributed by atoms with Crippen LogP contribution in [0, 0.1) is 13.8 Å². The number of nitrogens with one attached hydrogen (secondary N) is 2. The molecule has 0 bridgehead atoms. The number of nitrogens with zero attached hydrogens (tertiary/aromatic N) is 3. The van der Waals surface area contributed by atoms with E-state index in [9.17, 15) is 9.59 Å². The van der Waals surface area contributed by atoms with Crippen molar-refractivity contribution >= 4 is 23.4 Å². The number of hydrogen-bond acceptors (Lipinski definition) is 7. The zero-order valence-electron chi connectivity index (χ0n) is 16.9. The van der Waals surface area contributed by atoms with Gasteiger partial charge in [-0.05, 0) is 38.1 Å². The van der Waals surface area contributed by atoms with Crippen molar-refractivity contribution in [2.24, 2.45) is 0 Å². The van der Waals surface area contributed by atoms with Crippen LogP contribution < -0.4 is 10.9 Å². The molecule has 31 heavy (non-hydrogen) atoms. The number of carbonyl (C=O) groups is 1. The minimum atomic E-state index is -0.243. The van der Waals surface area contributed by atoms with Crippen LogP contribution in [0.3, 0.4) is 0 Å². The molecule has 156 valence electrons. The van der Waals surface area contributed by atoms with Crippen LogP contribution in [0.2, 0.25) is 0 Å². The molecule has 0 aliphatic rings. The summed E-state index contributed by atoms with van der Waals surface area (Å²) in [5.41, 5.74) is 2.23. The molecule has 2 N–H and O–H groups in total. The van der Waals surface area contributed by atoms with Crippen LogP contribution in [0.4, 0.5) is 5.69 Å². The number of H-pyrrole nitrogens is 1. The minimum Gasteiger partial charge on any atom is -0.338 e. The second-order valence-electron chi connectivity index (χ2n) is 6.79. The van der Waals surface area contributed by atoms with Crippen molar-refractivity contribution in [1.82, 2.24) is 20.1 Å². The number of aryl methyl sites for hydroxylation is 2. The van der Waals surface area contributed by atoms with Crippen molar-refractivity contribution in [1.29, 1.82) is 0 Å². The van der Waals surface area contributed by atoms with Gasteiger partial charge in [0, 0.05) is 27.9 Å². The SMILES string of the molecule is Cc1cc(=O)[nH]c(-c2cccc(NC(=O)c3ccccc3SCc3nc(C)no3)c2)n1. The Bertz CT molecular complexity index is 1300. The molecule has 1 amide bonds. The molecule has 0 unspecified atom stereocenters. The third kappa shape index (κ3) is 5.07. The molecule has 0 spiro atoms.